The predicted octanol–water partition coefficient (Wildman–Crippen LogP) is 2.06. The first-order valence-electron chi connectivity index (χ1n) is 5.32. The Kier molecular flexibility index (Phi) is 6.32. The van der Waals surface area contributed by atoms with Gasteiger partial charge in [0.05, 0.1) is 13.2 Å². The molecule has 82 valence electrons. The molecular weight excluding hydrogens is 194 g/mol. The lowest BCUT2D eigenvalue weighted by atomic mass is 10.2. The molecule has 0 radical (unpaired) electrons. The minimum atomic E-state index is 0.696. The molecule has 1 aliphatic heterocycles. The monoisotopic (exact) mass is 215 g/mol. The van der Waals surface area contributed by atoms with Crippen LogP contribution in [0, 0.1) is 0 Å². The van der Waals surface area contributed by atoms with Crippen molar-refractivity contribution in [1.29, 1.82) is 0 Å². The highest BCUT2D eigenvalue weighted by Crippen LogP contribution is 2.16. The molecule has 0 saturated carbocycles. The first-order chi connectivity index (χ1) is 6.79. The number of ether oxygens (including phenoxy) is 1. The maximum absolute atomic E-state index is 5.42. The molecule has 0 spiro atoms. The summed E-state index contributed by atoms with van der Waals surface area (Å²) in [6, 6.07) is 0.710. The van der Waals surface area contributed by atoms with Crippen LogP contribution in [0.4, 0.5) is 0 Å². The molecule has 0 bridgehead atoms. The van der Waals surface area contributed by atoms with Gasteiger partial charge in [-0.1, -0.05) is 12.2 Å². The fourth-order valence-electron chi connectivity index (χ4n) is 1.48. The maximum atomic E-state index is 5.42. The van der Waals surface area contributed by atoms with Crippen molar-refractivity contribution in [3.8, 4) is 0 Å². The molecule has 1 atom stereocenters. The van der Waals surface area contributed by atoms with Crippen molar-refractivity contribution in [2.24, 2.45) is 0 Å². The van der Waals surface area contributed by atoms with Crippen LogP contribution in [0.2, 0.25) is 0 Å². The van der Waals surface area contributed by atoms with Gasteiger partial charge in [0.15, 0.2) is 0 Å². The second-order valence-corrected chi connectivity index (χ2v) is 5.03. The van der Waals surface area contributed by atoms with Gasteiger partial charge in [-0.15, -0.1) is 0 Å². The van der Waals surface area contributed by atoms with Crippen molar-refractivity contribution in [3.05, 3.63) is 12.2 Å². The third-order valence-electron chi connectivity index (χ3n) is 2.19. The van der Waals surface area contributed by atoms with E-state index in [0.29, 0.717) is 12.6 Å². The number of hydrogen-bond donors (Lipinski definition) is 1. The summed E-state index contributed by atoms with van der Waals surface area (Å²) >= 11 is 2.05. The molecule has 1 saturated heterocycles. The smallest absolute Gasteiger partial charge is 0.0672 e. The largest absolute Gasteiger partial charge is 0.376 e. The van der Waals surface area contributed by atoms with Crippen molar-refractivity contribution in [1.82, 2.24) is 5.32 Å². The van der Waals surface area contributed by atoms with E-state index >= 15 is 0 Å². The van der Waals surface area contributed by atoms with Crippen molar-refractivity contribution in [3.63, 3.8) is 0 Å². The Balaban J connectivity index is 1.90. The fourth-order valence-corrected chi connectivity index (χ4v) is 2.59. The Labute approximate surface area is 91.5 Å². The van der Waals surface area contributed by atoms with Gasteiger partial charge < -0.3 is 10.1 Å². The average molecular weight is 215 g/mol. The van der Waals surface area contributed by atoms with Gasteiger partial charge in [0, 0.05) is 18.3 Å². The molecule has 0 aromatic heterocycles. The highest BCUT2D eigenvalue weighted by molar-refractivity contribution is 7.99. The maximum Gasteiger partial charge on any atom is 0.0672 e. The summed E-state index contributed by atoms with van der Waals surface area (Å²) in [5.41, 5.74) is 1.10. The van der Waals surface area contributed by atoms with Crippen LogP contribution in [0.1, 0.15) is 19.8 Å². The van der Waals surface area contributed by atoms with E-state index in [0.717, 1.165) is 18.7 Å². The van der Waals surface area contributed by atoms with Crippen LogP contribution in [-0.4, -0.2) is 37.3 Å². The highest BCUT2D eigenvalue weighted by Gasteiger charge is 2.11. The minimum absolute atomic E-state index is 0.696. The SMILES string of the molecule is C=C(C)COCCN[C@@H]1CCCSC1. The fraction of sp³-hybridized carbons (Fsp3) is 0.818. The van der Waals surface area contributed by atoms with Gasteiger partial charge in [0.2, 0.25) is 0 Å². The summed E-state index contributed by atoms with van der Waals surface area (Å²) in [6.07, 6.45) is 2.68. The zero-order chi connectivity index (χ0) is 10.2. The van der Waals surface area contributed by atoms with Gasteiger partial charge >= 0.3 is 0 Å². The van der Waals surface area contributed by atoms with E-state index in [2.05, 4.69) is 23.7 Å². The van der Waals surface area contributed by atoms with Crippen LogP contribution in [0.25, 0.3) is 0 Å². The van der Waals surface area contributed by atoms with Crippen LogP contribution >= 0.6 is 11.8 Å². The molecule has 2 nitrogen and oxygen atoms in total. The third-order valence-corrected chi connectivity index (χ3v) is 3.40. The lowest BCUT2D eigenvalue weighted by Gasteiger charge is -2.22. The van der Waals surface area contributed by atoms with Crippen LogP contribution in [0.3, 0.4) is 0 Å². The molecular formula is C11H21NOS. The van der Waals surface area contributed by atoms with Gasteiger partial charge in [-0.05, 0) is 25.5 Å². The molecule has 0 amide bonds. The molecule has 0 aromatic rings. The van der Waals surface area contributed by atoms with Crippen LogP contribution in [0.5, 0.6) is 0 Å². The normalized spacial score (nSPS) is 22.2. The molecule has 1 aliphatic rings. The van der Waals surface area contributed by atoms with Crippen molar-refractivity contribution in [2.75, 3.05) is 31.3 Å². The molecule has 0 aromatic carbocycles. The molecule has 1 N–H and O–H groups in total. The molecule has 1 rings (SSSR count). The lowest BCUT2D eigenvalue weighted by Crippen LogP contribution is -2.35. The minimum Gasteiger partial charge on any atom is -0.376 e. The molecule has 1 heterocycles. The Morgan fingerprint density at radius 2 is 2.50 bits per heavy atom. The second kappa shape index (κ2) is 7.32. The first-order valence-corrected chi connectivity index (χ1v) is 6.48. The lowest BCUT2D eigenvalue weighted by molar-refractivity contribution is 0.155. The number of rotatable bonds is 6. The molecule has 0 aliphatic carbocycles. The van der Waals surface area contributed by atoms with Gasteiger partial charge in [-0.25, -0.2) is 0 Å². The summed E-state index contributed by atoms with van der Waals surface area (Å²) < 4.78 is 5.42. The van der Waals surface area contributed by atoms with Gasteiger partial charge in [-0.3, -0.25) is 0 Å². The average Bonchev–Trinajstić information content (AvgIpc) is 2.18. The quantitative estimate of drug-likeness (QED) is 0.541. The summed E-state index contributed by atoms with van der Waals surface area (Å²) in [5.74, 6) is 2.60. The van der Waals surface area contributed by atoms with Crippen molar-refractivity contribution in [2.45, 2.75) is 25.8 Å². The molecule has 0 unspecified atom stereocenters. The van der Waals surface area contributed by atoms with Crippen LogP contribution in [-0.2, 0) is 4.74 Å². The molecule has 14 heavy (non-hydrogen) atoms. The van der Waals surface area contributed by atoms with Gasteiger partial charge in [0.25, 0.3) is 0 Å². The highest BCUT2D eigenvalue weighted by atomic mass is 32.2. The van der Waals surface area contributed by atoms with E-state index in [1.54, 1.807) is 0 Å². The third kappa shape index (κ3) is 5.68. The standard InChI is InChI=1S/C11H21NOS/c1-10(2)8-13-6-5-12-11-4-3-7-14-9-11/h11-12H,1,3-9H2,2H3/t11-/m1/s1. The van der Waals surface area contributed by atoms with Gasteiger partial charge in [-0.2, -0.15) is 11.8 Å². The predicted molar refractivity (Wildman–Crippen MR) is 64.0 cm³/mol. The summed E-state index contributed by atoms with van der Waals surface area (Å²) in [7, 11) is 0. The van der Waals surface area contributed by atoms with E-state index in [1.165, 1.54) is 24.3 Å². The Bertz CT molecular complexity index is 167. The Morgan fingerprint density at radius 1 is 1.64 bits per heavy atom. The van der Waals surface area contributed by atoms with Gasteiger partial charge in [0.1, 0.15) is 0 Å². The van der Waals surface area contributed by atoms with E-state index in [4.69, 9.17) is 4.74 Å². The van der Waals surface area contributed by atoms with Crippen molar-refractivity contribution >= 4 is 11.8 Å². The van der Waals surface area contributed by atoms with Crippen LogP contribution in [0.15, 0.2) is 12.2 Å². The number of hydrogen-bond acceptors (Lipinski definition) is 3. The zero-order valence-electron chi connectivity index (χ0n) is 9.05. The van der Waals surface area contributed by atoms with E-state index in [1.807, 2.05) is 6.92 Å². The topological polar surface area (TPSA) is 21.3 Å². The summed E-state index contributed by atoms with van der Waals surface area (Å²) in [5, 5.41) is 3.52. The van der Waals surface area contributed by atoms with E-state index in [9.17, 15) is 0 Å². The number of nitrogens with one attached hydrogen (secondary N) is 1. The van der Waals surface area contributed by atoms with E-state index in [-0.39, 0.29) is 0 Å². The summed E-state index contributed by atoms with van der Waals surface area (Å²) in [6.45, 7) is 8.25. The van der Waals surface area contributed by atoms with E-state index < -0.39 is 0 Å². The molecule has 1 fully saturated rings. The van der Waals surface area contributed by atoms with Crippen molar-refractivity contribution < 1.29 is 4.74 Å². The number of thioether (sulfide) groups is 1. The zero-order valence-corrected chi connectivity index (χ0v) is 9.87. The van der Waals surface area contributed by atoms with Crippen LogP contribution < -0.4 is 5.32 Å². The summed E-state index contributed by atoms with van der Waals surface area (Å²) in [4.78, 5) is 0. The Morgan fingerprint density at radius 3 is 3.14 bits per heavy atom. The molecule has 3 heteroatoms. The first kappa shape index (κ1) is 12.1. The second-order valence-electron chi connectivity index (χ2n) is 3.88. The Hall–Kier alpha value is 0.0100.